The molecule has 102 valence electrons. The second-order valence-corrected chi connectivity index (χ2v) is 5.35. The number of alkyl halides is 4. The van der Waals surface area contributed by atoms with E-state index < -0.39 is 12.6 Å². The molecule has 1 atom stereocenters. The Morgan fingerprint density at radius 1 is 1.28 bits per heavy atom. The van der Waals surface area contributed by atoms with Gasteiger partial charge in [-0.2, -0.15) is 13.2 Å². The maximum absolute atomic E-state index is 12.0. The Bertz CT molecular complexity index is 369. The van der Waals surface area contributed by atoms with Gasteiger partial charge in [-0.1, -0.05) is 44.0 Å². The molecule has 0 saturated heterocycles. The molecule has 0 aliphatic carbocycles. The minimum absolute atomic E-state index is 0.0129. The van der Waals surface area contributed by atoms with Crippen LogP contribution >= 0.6 is 31.9 Å². The Balaban J connectivity index is 2.43. The monoisotopic (exact) mass is 388 g/mol. The van der Waals surface area contributed by atoms with E-state index in [0.29, 0.717) is 5.33 Å². The van der Waals surface area contributed by atoms with E-state index in [9.17, 15) is 13.2 Å². The van der Waals surface area contributed by atoms with E-state index in [2.05, 4.69) is 31.9 Å². The molecule has 1 aromatic rings. The smallest absolute Gasteiger partial charge is 0.373 e. The third-order valence-corrected chi connectivity index (χ3v) is 3.37. The molecule has 0 radical (unpaired) electrons. The lowest BCUT2D eigenvalue weighted by atomic mass is 10.1. The second-order valence-electron chi connectivity index (χ2n) is 3.79. The summed E-state index contributed by atoms with van der Waals surface area (Å²) in [5, 5.41) is 0.551. The molecule has 18 heavy (non-hydrogen) atoms. The van der Waals surface area contributed by atoms with Crippen molar-refractivity contribution in [3.8, 4) is 0 Å². The molecule has 1 rings (SSSR count). The lowest BCUT2D eigenvalue weighted by Gasteiger charge is -2.16. The van der Waals surface area contributed by atoms with Gasteiger partial charge in [0.2, 0.25) is 0 Å². The first kappa shape index (κ1) is 16.0. The van der Waals surface area contributed by atoms with E-state index >= 15 is 0 Å². The van der Waals surface area contributed by atoms with Crippen LogP contribution in [-0.2, 0) is 4.74 Å². The number of halogens is 5. The van der Waals surface area contributed by atoms with Crippen molar-refractivity contribution in [1.29, 1.82) is 0 Å². The number of ether oxygens (including phenoxy) is 1. The van der Waals surface area contributed by atoms with Crippen LogP contribution in [-0.4, -0.2) is 18.1 Å². The van der Waals surface area contributed by atoms with Gasteiger partial charge in [-0.15, -0.1) is 0 Å². The van der Waals surface area contributed by atoms with E-state index in [0.717, 1.165) is 10.0 Å². The number of rotatable bonds is 6. The van der Waals surface area contributed by atoms with Gasteiger partial charge in [-0.25, -0.2) is 0 Å². The third kappa shape index (κ3) is 6.20. The first-order valence-electron chi connectivity index (χ1n) is 5.42. The van der Waals surface area contributed by atoms with Gasteiger partial charge in [0, 0.05) is 22.8 Å². The van der Waals surface area contributed by atoms with Gasteiger partial charge >= 0.3 is 6.18 Å². The summed E-state index contributed by atoms with van der Waals surface area (Å²) in [7, 11) is 0. The van der Waals surface area contributed by atoms with Gasteiger partial charge in [-0.05, 0) is 24.1 Å². The first-order valence-corrected chi connectivity index (χ1v) is 7.33. The number of hydrogen-bond acceptors (Lipinski definition) is 1. The topological polar surface area (TPSA) is 9.23 Å². The molecule has 0 bridgehead atoms. The first-order chi connectivity index (χ1) is 8.42. The van der Waals surface area contributed by atoms with Crippen LogP contribution in [0.1, 0.15) is 24.5 Å². The minimum atomic E-state index is -4.11. The molecule has 6 heteroatoms. The Kier molecular flexibility index (Phi) is 6.66. The highest BCUT2D eigenvalue weighted by Crippen LogP contribution is 2.25. The molecule has 1 aromatic carbocycles. The molecule has 1 nitrogen and oxygen atoms in total. The predicted octanol–water partition coefficient (Wildman–Crippen LogP) is 5.24. The van der Waals surface area contributed by atoms with E-state index in [1.165, 1.54) is 0 Å². The maximum atomic E-state index is 12.0. The molecule has 0 saturated carbocycles. The Morgan fingerprint density at radius 3 is 2.56 bits per heavy atom. The van der Waals surface area contributed by atoms with Crippen molar-refractivity contribution in [2.75, 3.05) is 11.9 Å². The fraction of sp³-hybridized carbons (Fsp3) is 0.500. The van der Waals surface area contributed by atoms with Crippen LogP contribution in [0.25, 0.3) is 0 Å². The normalized spacial score (nSPS) is 13.6. The van der Waals surface area contributed by atoms with Crippen LogP contribution in [0.3, 0.4) is 0 Å². The zero-order valence-electron chi connectivity index (χ0n) is 9.51. The van der Waals surface area contributed by atoms with E-state index in [4.69, 9.17) is 4.74 Å². The zero-order chi connectivity index (χ0) is 13.6. The molecule has 0 aliphatic heterocycles. The highest BCUT2D eigenvalue weighted by atomic mass is 79.9. The largest absolute Gasteiger partial charge is 0.389 e. The van der Waals surface area contributed by atoms with Crippen LogP contribution in [0, 0.1) is 0 Å². The second kappa shape index (κ2) is 7.50. The third-order valence-electron chi connectivity index (χ3n) is 2.28. The Labute approximate surface area is 121 Å². The summed E-state index contributed by atoms with van der Waals surface area (Å²) in [6.07, 6.45) is -5.15. The van der Waals surface area contributed by atoms with Gasteiger partial charge in [0.15, 0.2) is 0 Å². The SMILES string of the molecule is FC(F)(F)CCCOC(CBr)c1cccc(Br)c1. The molecule has 0 amide bonds. The fourth-order valence-electron chi connectivity index (χ4n) is 1.43. The average Bonchev–Trinajstić information content (AvgIpc) is 2.27. The van der Waals surface area contributed by atoms with Gasteiger partial charge in [0.05, 0.1) is 6.10 Å². The summed E-state index contributed by atoms with van der Waals surface area (Å²) in [5.74, 6) is 0. The van der Waals surface area contributed by atoms with Crippen molar-refractivity contribution in [2.45, 2.75) is 25.1 Å². The summed E-state index contributed by atoms with van der Waals surface area (Å²) in [6, 6.07) is 7.54. The summed E-state index contributed by atoms with van der Waals surface area (Å²) in [5.41, 5.74) is 0.938. The number of benzene rings is 1. The number of hydrogen-bond donors (Lipinski definition) is 0. The van der Waals surface area contributed by atoms with E-state index in [-0.39, 0.29) is 19.1 Å². The van der Waals surface area contributed by atoms with E-state index in [1.807, 2.05) is 24.3 Å². The van der Waals surface area contributed by atoms with Gasteiger partial charge in [-0.3, -0.25) is 0 Å². The summed E-state index contributed by atoms with van der Waals surface area (Å²) in [6.45, 7) is 0.0995. The average molecular weight is 390 g/mol. The molecule has 0 spiro atoms. The molecule has 0 aromatic heterocycles. The molecule has 0 N–H and O–H groups in total. The maximum Gasteiger partial charge on any atom is 0.389 e. The summed E-state index contributed by atoms with van der Waals surface area (Å²) in [4.78, 5) is 0. The quantitative estimate of drug-likeness (QED) is 0.477. The van der Waals surface area contributed by atoms with Crippen molar-refractivity contribution < 1.29 is 17.9 Å². The standard InChI is InChI=1S/C12H13Br2F3O/c13-8-11(9-3-1-4-10(14)7-9)18-6-2-5-12(15,16)17/h1,3-4,7,11H,2,5-6,8H2. The van der Waals surface area contributed by atoms with Crippen molar-refractivity contribution >= 4 is 31.9 Å². The molecule has 0 aliphatic rings. The molecule has 0 heterocycles. The minimum Gasteiger partial charge on any atom is -0.373 e. The lowest BCUT2D eigenvalue weighted by Crippen LogP contribution is -2.11. The molecule has 1 unspecified atom stereocenters. The Hall–Kier alpha value is -0.0700. The lowest BCUT2D eigenvalue weighted by molar-refractivity contribution is -0.138. The van der Waals surface area contributed by atoms with Crippen molar-refractivity contribution in [2.24, 2.45) is 0 Å². The molecular formula is C12H13Br2F3O. The van der Waals surface area contributed by atoms with E-state index in [1.54, 1.807) is 0 Å². The van der Waals surface area contributed by atoms with Crippen molar-refractivity contribution in [1.82, 2.24) is 0 Å². The highest BCUT2D eigenvalue weighted by molar-refractivity contribution is 9.10. The van der Waals surface area contributed by atoms with Gasteiger partial charge < -0.3 is 4.74 Å². The van der Waals surface area contributed by atoms with Crippen LogP contribution < -0.4 is 0 Å². The van der Waals surface area contributed by atoms with Crippen molar-refractivity contribution in [3.05, 3.63) is 34.3 Å². The fourth-order valence-corrected chi connectivity index (χ4v) is 2.41. The van der Waals surface area contributed by atoms with Crippen molar-refractivity contribution in [3.63, 3.8) is 0 Å². The van der Waals surface area contributed by atoms with Crippen LogP contribution in [0.4, 0.5) is 13.2 Å². The predicted molar refractivity (Wildman–Crippen MR) is 71.9 cm³/mol. The van der Waals surface area contributed by atoms with Crippen LogP contribution in [0.2, 0.25) is 0 Å². The van der Waals surface area contributed by atoms with Gasteiger partial charge in [0.25, 0.3) is 0 Å². The van der Waals surface area contributed by atoms with Gasteiger partial charge in [0.1, 0.15) is 0 Å². The zero-order valence-corrected chi connectivity index (χ0v) is 12.7. The summed E-state index contributed by atoms with van der Waals surface area (Å²) >= 11 is 6.65. The molecule has 0 fully saturated rings. The molecular weight excluding hydrogens is 377 g/mol. The van der Waals surface area contributed by atoms with Crippen LogP contribution in [0.15, 0.2) is 28.7 Å². The highest BCUT2D eigenvalue weighted by Gasteiger charge is 2.26. The Morgan fingerprint density at radius 2 is 2.00 bits per heavy atom. The van der Waals surface area contributed by atoms with Crippen LogP contribution in [0.5, 0.6) is 0 Å². The summed E-state index contributed by atoms with van der Waals surface area (Å²) < 4.78 is 42.3.